The number of hydrogen-bond donors (Lipinski definition) is 0. The molecule has 0 spiro atoms. The highest BCUT2D eigenvalue weighted by Gasteiger charge is 2.47. The van der Waals surface area contributed by atoms with E-state index >= 15 is 0 Å². The van der Waals surface area contributed by atoms with Gasteiger partial charge in [0.2, 0.25) is 0 Å². The first-order valence-electron chi connectivity index (χ1n) is 5.53. The first-order chi connectivity index (χ1) is 6.52. The maximum atomic E-state index is 5.86. The Kier molecular flexibility index (Phi) is 2.58. The predicted molar refractivity (Wildman–Crippen MR) is 52.8 cm³/mol. The maximum Gasteiger partial charge on any atom is 0.187 e. The van der Waals surface area contributed by atoms with Gasteiger partial charge in [-0.15, -0.1) is 0 Å². The Morgan fingerprint density at radius 2 is 2.00 bits per heavy atom. The van der Waals surface area contributed by atoms with Crippen molar-refractivity contribution in [1.82, 2.24) is 0 Å². The number of hydrogen-bond acceptors (Lipinski definition) is 3. The van der Waals surface area contributed by atoms with Gasteiger partial charge in [0, 0.05) is 0 Å². The molecule has 2 aliphatic heterocycles. The van der Waals surface area contributed by atoms with E-state index in [4.69, 9.17) is 14.2 Å². The largest absolute Gasteiger partial charge is 0.346 e. The van der Waals surface area contributed by atoms with Gasteiger partial charge < -0.3 is 14.2 Å². The Hall–Kier alpha value is -0.120. The fourth-order valence-corrected chi connectivity index (χ4v) is 2.40. The SMILES string of the molecule is CC[C@H]1O[C@@H]2OC(C)(C)O[C@H]2CC1C. The summed E-state index contributed by atoms with van der Waals surface area (Å²) in [7, 11) is 0. The molecule has 0 aliphatic carbocycles. The molecule has 2 heterocycles. The molecule has 14 heavy (non-hydrogen) atoms. The third-order valence-electron chi connectivity index (χ3n) is 3.09. The molecule has 0 aromatic rings. The molecular weight excluding hydrogens is 180 g/mol. The molecule has 2 rings (SSSR count). The smallest absolute Gasteiger partial charge is 0.187 e. The predicted octanol–water partition coefficient (Wildman–Crippen LogP) is 2.30. The third-order valence-corrected chi connectivity index (χ3v) is 3.09. The van der Waals surface area contributed by atoms with Crippen LogP contribution in [0, 0.1) is 5.92 Å². The third kappa shape index (κ3) is 1.81. The number of fused-ring (bicyclic) bond motifs is 1. The van der Waals surface area contributed by atoms with Crippen molar-refractivity contribution >= 4 is 0 Å². The van der Waals surface area contributed by atoms with Gasteiger partial charge in [-0.05, 0) is 32.6 Å². The summed E-state index contributed by atoms with van der Waals surface area (Å²) in [6.45, 7) is 8.27. The van der Waals surface area contributed by atoms with Gasteiger partial charge in [0.1, 0.15) is 6.10 Å². The van der Waals surface area contributed by atoms with Crippen LogP contribution in [0.5, 0.6) is 0 Å². The summed E-state index contributed by atoms with van der Waals surface area (Å²) in [6, 6.07) is 0. The molecular formula is C11H20O3. The summed E-state index contributed by atoms with van der Waals surface area (Å²) in [5, 5.41) is 0. The lowest BCUT2D eigenvalue weighted by Crippen LogP contribution is -2.41. The first-order valence-corrected chi connectivity index (χ1v) is 5.53. The molecule has 4 atom stereocenters. The Labute approximate surface area is 85.7 Å². The Balaban J connectivity index is 2.04. The minimum atomic E-state index is -0.475. The summed E-state index contributed by atoms with van der Waals surface area (Å²) in [4.78, 5) is 0. The molecule has 3 nitrogen and oxygen atoms in total. The molecule has 2 saturated heterocycles. The van der Waals surface area contributed by atoms with Crippen LogP contribution in [0.15, 0.2) is 0 Å². The van der Waals surface area contributed by atoms with E-state index in [1.165, 1.54) is 0 Å². The zero-order valence-electron chi connectivity index (χ0n) is 9.45. The second-order valence-electron chi connectivity index (χ2n) is 4.84. The van der Waals surface area contributed by atoms with E-state index < -0.39 is 5.79 Å². The molecule has 1 unspecified atom stereocenters. The van der Waals surface area contributed by atoms with E-state index in [9.17, 15) is 0 Å². The van der Waals surface area contributed by atoms with Crippen LogP contribution in [0.1, 0.15) is 40.5 Å². The van der Waals surface area contributed by atoms with Crippen LogP contribution in [0.3, 0.4) is 0 Å². The van der Waals surface area contributed by atoms with Crippen LogP contribution in [0.25, 0.3) is 0 Å². The lowest BCUT2D eigenvalue weighted by molar-refractivity contribution is -0.217. The highest BCUT2D eigenvalue weighted by Crippen LogP contribution is 2.38. The fraction of sp³-hybridized carbons (Fsp3) is 1.00. The monoisotopic (exact) mass is 200 g/mol. The molecule has 2 fully saturated rings. The van der Waals surface area contributed by atoms with Crippen LogP contribution in [0.2, 0.25) is 0 Å². The quantitative estimate of drug-likeness (QED) is 0.650. The van der Waals surface area contributed by atoms with E-state index in [1.54, 1.807) is 0 Å². The van der Waals surface area contributed by atoms with Gasteiger partial charge in [-0.1, -0.05) is 13.8 Å². The molecule has 0 aromatic carbocycles. The van der Waals surface area contributed by atoms with Crippen LogP contribution in [-0.2, 0) is 14.2 Å². The van der Waals surface area contributed by atoms with Gasteiger partial charge in [-0.25, -0.2) is 0 Å². The van der Waals surface area contributed by atoms with Crippen molar-refractivity contribution in [3.8, 4) is 0 Å². The van der Waals surface area contributed by atoms with E-state index in [0.29, 0.717) is 12.0 Å². The van der Waals surface area contributed by atoms with Gasteiger partial charge in [0.15, 0.2) is 12.1 Å². The lowest BCUT2D eigenvalue weighted by Gasteiger charge is -2.34. The fourth-order valence-electron chi connectivity index (χ4n) is 2.40. The second-order valence-corrected chi connectivity index (χ2v) is 4.84. The zero-order chi connectivity index (χ0) is 10.3. The van der Waals surface area contributed by atoms with Gasteiger partial charge >= 0.3 is 0 Å². The van der Waals surface area contributed by atoms with Crippen molar-refractivity contribution in [3.05, 3.63) is 0 Å². The van der Waals surface area contributed by atoms with Crippen molar-refractivity contribution in [2.75, 3.05) is 0 Å². The highest BCUT2D eigenvalue weighted by atomic mass is 16.8. The molecule has 0 N–H and O–H groups in total. The first kappa shape index (κ1) is 10.4. The summed E-state index contributed by atoms with van der Waals surface area (Å²) in [5.41, 5.74) is 0. The summed E-state index contributed by atoms with van der Waals surface area (Å²) in [6.07, 6.45) is 2.41. The Bertz CT molecular complexity index is 215. The van der Waals surface area contributed by atoms with Crippen molar-refractivity contribution in [2.24, 2.45) is 5.92 Å². The van der Waals surface area contributed by atoms with Crippen LogP contribution in [0.4, 0.5) is 0 Å². The average molecular weight is 200 g/mol. The molecule has 3 heteroatoms. The number of rotatable bonds is 1. The standard InChI is InChI=1S/C11H20O3/c1-5-8-7(2)6-9-10(12-8)14-11(3,4)13-9/h7-10H,5-6H2,1-4H3/t7?,8-,9+,10-/m1/s1. The summed E-state index contributed by atoms with van der Waals surface area (Å²) < 4.78 is 17.3. The van der Waals surface area contributed by atoms with Gasteiger partial charge in [0.05, 0.1) is 6.10 Å². The van der Waals surface area contributed by atoms with E-state index in [-0.39, 0.29) is 12.4 Å². The molecule has 0 saturated carbocycles. The minimum absolute atomic E-state index is 0.128. The van der Waals surface area contributed by atoms with Crippen molar-refractivity contribution in [1.29, 1.82) is 0 Å². The van der Waals surface area contributed by atoms with Crippen molar-refractivity contribution < 1.29 is 14.2 Å². The number of ether oxygens (including phenoxy) is 3. The van der Waals surface area contributed by atoms with Crippen molar-refractivity contribution in [3.63, 3.8) is 0 Å². The van der Waals surface area contributed by atoms with Crippen LogP contribution in [-0.4, -0.2) is 24.3 Å². The topological polar surface area (TPSA) is 27.7 Å². The second kappa shape index (κ2) is 3.47. The minimum Gasteiger partial charge on any atom is -0.346 e. The summed E-state index contributed by atoms with van der Waals surface area (Å²) >= 11 is 0. The normalized spacial score (nSPS) is 46.3. The average Bonchev–Trinajstić information content (AvgIpc) is 2.36. The molecule has 2 aliphatic rings. The Morgan fingerprint density at radius 1 is 1.29 bits per heavy atom. The van der Waals surface area contributed by atoms with E-state index in [0.717, 1.165) is 12.8 Å². The Morgan fingerprint density at radius 3 is 2.64 bits per heavy atom. The van der Waals surface area contributed by atoms with Crippen molar-refractivity contribution in [2.45, 2.75) is 64.8 Å². The zero-order valence-corrected chi connectivity index (χ0v) is 9.45. The molecule has 0 bridgehead atoms. The lowest BCUT2D eigenvalue weighted by atomic mass is 9.92. The summed E-state index contributed by atoms with van der Waals surface area (Å²) in [5.74, 6) is 0.0938. The van der Waals surface area contributed by atoms with Crippen LogP contribution >= 0.6 is 0 Å². The van der Waals surface area contributed by atoms with Gasteiger partial charge in [0.25, 0.3) is 0 Å². The maximum absolute atomic E-state index is 5.86. The molecule has 0 aromatic heterocycles. The molecule has 0 radical (unpaired) electrons. The van der Waals surface area contributed by atoms with Gasteiger partial charge in [-0.2, -0.15) is 0 Å². The van der Waals surface area contributed by atoms with Crippen LogP contribution < -0.4 is 0 Å². The molecule has 82 valence electrons. The van der Waals surface area contributed by atoms with Gasteiger partial charge in [-0.3, -0.25) is 0 Å². The highest BCUT2D eigenvalue weighted by molar-refractivity contribution is 4.84. The molecule has 0 amide bonds. The van der Waals surface area contributed by atoms with E-state index in [2.05, 4.69) is 13.8 Å². The van der Waals surface area contributed by atoms with E-state index in [1.807, 2.05) is 13.8 Å².